The highest BCUT2D eigenvalue weighted by atomic mass is 16.1. The van der Waals surface area contributed by atoms with Crippen molar-refractivity contribution >= 4 is 5.91 Å². The van der Waals surface area contributed by atoms with Crippen molar-refractivity contribution in [2.45, 2.75) is 46.2 Å². The first-order valence-corrected chi connectivity index (χ1v) is 6.40. The minimum atomic E-state index is -0.125. The fourth-order valence-electron chi connectivity index (χ4n) is 1.63. The largest absolute Gasteiger partial charge is 0.350 e. The van der Waals surface area contributed by atoms with Gasteiger partial charge in [-0.05, 0) is 17.9 Å². The molecule has 0 aliphatic rings. The van der Waals surface area contributed by atoms with Gasteiger partial charge in [0, 0.05) is 12.5 Å². The van der Waals surface area contributed by atoms with E-state index in [9.17, 15) is 4.79 Å². The Hall–Kier alpha value is -1.35. The molecule has 1 aromatic carbocycles. The van der Waals surface area contributed by atoms with Crippen molar-refractivity contribution < 1.29 is 4.79 Å². The van der Waals surface area contributed by atoms with Crippen molar-refractivity contribution in [1.82, 2.24) is 5.32 Å². The highest BCUT2D eigenvalue weighted by molar-refractivity contribution is 5.77. The van der Waals surface area contributed by atoms with Gasteiger partial charge in [-0.1, -0.05) is 51.1 Å². The fraction of sp³-hybridized carbons (Fsp3) is 0.533. The summed E-state index contributed by atoms with van der Waals surface area (Å²) in [4.78, 5) is 11.9. The summed E-state index contributed by atoms with van der Waals surface area (Å²) in [5.41, 5.74) is 7.06. The molecule has 0 radical (unpaired) electrons. The van der Waals surface area contributed by atoms with Gasteiger partial charge in [0.15, 0.2) is 0 Å². The van der Waals surface area contributed by atoms with Gasteiger partial charge in [-0.2, -0.15) is 0 Å². The van der Waals surface area contributed by atoms with E-state index in [-0.39, 0.29) is 23.4 Å². The number of carbonyl (C=O) groups excluding carboxylic acids is 1. The normalized spacial score (nSPS) is 14.9. The van der Waals surface area contributed by atoms with E-state index in [1.54, 1.807) is 0 Å². The monoisotopic (exact) mass is 248 g/mol. The van der Waals surface area contributed by atoms with E-state index in [2.05, 4.69) is 5.32 Å². The molecule has 1 amide bonds. The zero-order valence-electron chi connectivity index (χ0n) is 11.7. The van der Waals surface area contributed by atoms with Crippen LogP contribution in [0.3, 0.4) is 0 Å². The van der Waals surface area contributed by atoms with Gasteiger partial charge in [-0.15, -0.1) is 0 Å². The molecule has 0 heterocycles. The molecule has 18 heavy (non-hydrogen) atoms. The molecular weight excluding hydrogens is 224 g/mol. The third kappa shape index (κ3) is 4.49. The number of nitrogens with one attached hydrogen (secondary N) is 1. The van der Waals surface area contributed by atoms with Crippen LogP contribution in [0.15, 0.2) is 30.3 Å². The second kappa shape index (κ2) is 6.01. The number of hydrogen-bond donors (Lipinski definition) is 2. The topological polar surface area (TPSA) is 55.1 Å². The highest BCUT2D eigenvalue weighted by Crippen LogP contribution is 2.20. The van der Waals surface area contributed by atoms with E-state index in [0.29, 0.717) is 6.42 Å². The van der Waals surface area contributed by atoms with Crippen LogP contribution in [0.2, 0.25) is 0 Å². The second-order valence-corrected chi connectivity index (χ2v) is 5.88. The molecule has 1 aromatic rings. The van der Waals surface area contributed by atoms with Crippen LogP contribution in [0.5, 0.6) is 0 Å². The van der Waals surface area contributed by atoms with E-state index >= 15 is 0 Å². The molecular formula is C15H24N2O. The number of carbonyl (C=O) groups is 1. The van der Waals surface area contributed by atoms with Crippen LogP contribution in [0.25, 0.3) is 0 Å². The number of benzene rings is 1. The van der Waals surface area contributed by atoms with E-state index < -0.39 is 0 Å². The van der Waals surface area contributed by atoms with Crippen molar-refractivity contribution in [3.8, 4) is 0 Å². The first-order valence-electron chi connectivity index (χ1n) is 6.40. The standard InChI is InChI=1S/C15H24N2O/c1-11(12-8-6-5-7-9-12)17-14(18)10-13(16)15(2,3)4/h5-9,11,13H,10,16H2,1-4H3,(H,17,18)/t11-,13?/m0/s1. The van der Waals surface area contributed by atoms with Gasteiger partial charge in [-0.3, -0.25) is 4.79 Å². The van der Waals surface area contributed by atoms with Gasteiger partial charge in [-0.25, -0.2) is 0 Å². The lowest BCUT2D eigenvalue weighted by Crippen LogP contribution is -2.40. The maximum absolute atomic E-state index is 11.9. The van der Waals surface area contributed by atoms with Crippen molar-refractivity contribution in [3.63, 3.8) is 0 Å². The quantitative estimate of drug-likeness (QED) is 0.860. The molecule has 0 spiro atoms. The first-order chi connectivity index (χ1) is 8.30. The molecule has 0 saturated heterocycles. The molecule has 0 saturated carbocycles. The van der Waals surface area contributed by atoms with Crippen molar-refractivity contribution in [1.29, 1.82) is 0 Å². The summed E-state index contributed by atoms with van der Waals surface area (Å²) in [6, 6.07) is 9.82. The zero-order chi connectivity index (χ0) is 13.8. The van der Waals surface area contributed by atoms with E-state index in [0.717, 1.165) is 5.56 Å². The lowest BCUT2D eigenvalue weighted by Gasteiger charge is -2.27. The van der Waals surface area contributed by atoms with Gasteiger partial charge in [0.2, 0.25) is 5.91 Å². The smallest absolute Gasteiger partial charge is 0.222 e. The van der Waals surface area contributed by atoms with Gasteiger partial charge in [0.1, 0.15) is 0 Å². The predicted octanol–water partition coefficient (Wildman–Crippen LogP) is 2.63. The zero-order valence-corrected chi connectivity index (χ0v) is 11.7. The summed E-state index contributed by atoms with van der Waals surface area (Å²) in [7, 11) is 0. The van der Waals surface area contributed by atoms with Crippen molar-refractivity contribution in [2.75, 3.05) is 0 Å². The van der Waals surface area contributed by atoms with E-state index in [1.807, 2.05) is 58.0 Å². The Kier molecular flexibility index (Phi) is 4.91. The Balaban J connectivity index is 2.51. The van der Waals surface area contributed by atoms with Crippen LogP contribution in [-0.4, -0.2) is 11.9 Å². The Bertz CT molecular complexity index is 381. The molecule has 0 aliphatic carbocycles. The Morgan fingerprint density at radius 2 is 1.83 bits per heavy atom. The van der Waals surface area contributed by atoms with Crippen LogP contribution in [-0.2, 0) is 4.79 Å². The van der Waals surface area contributed by atoms with E-state index in [4.69, 9.17) is 5.73 Å². The Morgan fingerprint density at radius 1 is 1.28 bits per heavy atom. The SMILES string of the molecule is C[C@H](NC(=O)CC(N)C(C)(C)C)c1ccccc1. The number of nitrogens with two attached hydrogens (primary N) is 1. The number of rotatable bonds is 4. The lowest BCUT2D eigenvalue weighted by molar-refractivity contribution is -0.122. The van der Waals surface area contributed by atoms with Crippen LogP contribution in [0, 0.1) is 5.41 Å². The minimum absolute atomic E-state index is 0.00813. The fourth-order valence-corrected chi connectivity index (χ4v) is 1.63. The third-order valence-electron chi connectivity index (χ3n) is 3.19. The molecule has 2 atom stereocenters. The molecule has 0 bridgehead atoms. The maximum Gasteiger partial charge on any atom is 0.222 e. The molecule has 0 aromatic heterocycles. The molecule has 100 valence electrons. The number of hydrogen-bond acceptors (Lipinski definition) is 2. The van der Waals surface area contributed by atoms with Crippen LogP contribution in [0.1, 0.15) is 45.7 Å². The Labute approximate surface area is 110 Å². The van der Waals surface area contributed by atoms with Gasteiger partial charge in [0.25, 0.3) is 0 Å². The van der Waals surface area contributed by atoms with Crippen molar-refractivity contribution in [3.05, 3.63) is 35.9 Å². The second-order valence-electron chi connectivity index (χ2n) is 5.88. The molecule has 1 unspecified atom stereocenters. The van der Waals surface area contributed by atoms with Gasteiger partial charge in [0.05, 0.1) is 6.04 Å². The summed E-state index contributed by atoms with van der Waals surface area (Å²) < 4.78 is 0. The van der Waals surface area contributed by atoms with Gasteiger partial charge < -0.3 is 11.1 Å². The average Bonchev–Trinajstić information content (AvgIpc) is 2.28. The first kappa shape index (κ1) is 14.7. The van der Waals surface area contributed by atoms with Crippen LogP contribution in [0.4, 0.5) is 0 Å². The average molecular weight is 248 g/mol. The molecule has 1 rings (SSSR count). The van der Waals surface area contributed by atoms with Crippen LogP contribution >= 0.6 is 0 Å². The molecule has 0 aliphatic heterocycles. The molecule has 3 N–H and O–H groups in total. The Morgan fingerprint density at radius 3 is 2.33 bits per heavy atom. The summed E-state index contributed by atoms with van der Waals surface area (Å²) in [6.45, 7) is 8.12. The highest BCUT2D eigenvalue weighted by Gasteiger charge is 2.23. The summed E-state index contributed by atoms with van der Waals surface area (Å²) in [6.07, 6.45) is 0.362. The minimum Gasteiger partial charge on any atom is -0.350 e. The van der Waals surface area contributed by atoms with Crippen molar-refractivity contribution in [2.24, 2.45) is 11.1 Å². The van der Waals surface area contributed by atoms with E-state index in [1.165, 1.54) is 0 Å². The molecule has 3 heteroatoms. The maximum atomic E-state index is 11.9. The van der Waals surface area contributed by atoms with Gasteiger partial charge >= 0.3 is 0 Å². The molecule has 0 fully saturated rings. The summed E-state index contributed by atoms with van der Waals surface area (Å²) >= 11 is 0. The molecule has 3 nitrogen and oxygen atoms in total. The van der Waals surface area contributed by atoms with Crippen LogP contribution < -0.4 is 11.1 Å². The summed E-state index contributed by atoms with van der Waals surface area (Å²) in [5.74, 6) is 0.00813. The lowest BCUT2D eigenvalue weighted by atomic mass is 9.85. The summed E-state index contributed by atoms with van der Waals surface area (Å²) in [5, 5.41) is 2.98. The number of amides is 1. The predicted molar refractivity (Wildman–Crippen MR) is 75.0 cm³/mol. The third-order valence-corrected chi connectivity index (χ3v) is 3.19.